The number of rotatable bonds is 2. The zero-order chi connectivity index (χ0) is 11.8. The first kappa shape index (κ1) is 11.4. The van der Waals surface area contributed by atoms with Crippen LogP contribution in [-0.4, -0.2) is 42.4 Å². The number of hydrogen-bond acceptors (Lipinski definition) is 3. The lowest BCUT2D eigenvalue weighted by Crippen LogP contribution is -2.32. The molecule has 1 aromatic carbocycles. The van der Waals surface area contributed by atoms with Gasteiger partial charge in [0.15, 0.2) is 17.6 Å². The summed E-state index contributed by atoms with van der Waals surface area (Å²) >= 11 is 0. The van der Waals surface area contributed by atoms with Crippen LogP contribution in [-0.2, 0) is 0 Å². The van der Waals surface area contributed by atoms with Crippen LogP contribution in [0, 0.1) is 0 Å². The van der Waals surface area contributed by atoms with Gasteiger partial charge in [-0.1, -0.05) is 11.7 Å². The van der Waals surface area contributed by atoms with Gasteiger partial charge in [0.2, 0.25) is 0 Å². The minimum absolute atomic E-state index is 0.0329. The van der Waals surface area contributed by atoms with Gasteiger partial charge in [-0.25, -0.2) is 0 Å². The van der Waals surface area contributed by atoms with Crippen molar-refractivity contribution in [1.29, 1.82) is 0 Å². The molecule has 0 radical (unpaired) electrons. The van der Waals surface area contributed by atoms with Crippen LogP contribution in [0.2, 0.25) is 0 Å². The number of hydrogen-bond donors (Lipinski definition) is 1. The van der Waals surface area contributed by atoms with Crippen molar-refractivity contribution in [3.8, 4) is 11.5 Å². The highest BCUT2D eigenvalue weighted by atomic mass is 32.2. The average molecular weight is 240 g/mol. The largest absolute Gasteiger partial charge is 0.486 e. The van der Waals surface area contributed by atoms with Crippen LogP contribution in [0.15, 0.2) is 23.1 Å². The fourth-order valence-electron chi connectivity index (χ4n) is 1.49. The summed E-state index contributed by atoms with van der Waals surface area (Å²) in [6, 6.07) is 5.74. The van der Waals surface area contributed by atoms with Gasteiger partial charge in [-0.3, -0.25) is 0 Å². The molecule has 0 aliphatic carbocycles. The Morgan fingerprint density at radius 2 is 2.19 bits per heavy atom. The standard InChI is InChI=1S/C12H16O3S/c1-16(2,3)10-4-5-11-12(6-10)14-8-9(7-13)15-11/h4-6,9,13H,1-2,7-8H2,3H3. The molecule has 0 saturated carbocycles. The van der Waals surface area contributed by atoms with Crippen LogP contribution in [0.4, 0.5) is 0 Å². The Labute approximate surface area is 96.1 Å². The van der Waals surface area contributed by atoms with Crippen LogP contribution in [0.25, 0.3) is 0 Å². The van der Waals surface area contributed by atoms with E-state index in [0.717, 1.165) is 4.90 Å². The third-order valence-electron chi connectivity index (χ3n) is 2.41. The Balaban J connectivity index is 2.35. The molecule has 1 aliphatic rings. The first-order valence-corrected chi connectivity index (χ1v) is 7.37. The molecule has 1 N–H and O–H groups in total. The van der Waals surface area contributed by atoms with E-state index in [1.807, 2.05) is 24.5 Å². The summed E-state index contributed by atoms with van der Waals surface area (Å²) in [7, 11) is -1.24. The van der Waals surface area contributed by atoms with Crippen LogP contribution in [0.3, 0.4) is 0 Å². The van der Waals surface area contributed by atoms with Crippen molar-refractivity contribution >= 4 is 20.9 Å². The average Bonchev–Trinajstić information content (AvgIpc) is 2.26. The van der Waals surface area contributed by atoms with Crippen LogP contribution in [0.5, 0.6) is 11.5 Å². The molecule has 0 amide bonds. The molecular weight excluding hydrogens is 224 g/mol. The van der Waals surface area contributed by atoms with Crippen molar-refractivity contribution in [2.75, 3.05) is 19.5 Å². The smallest absolute Gasteiger partial charge is 0.162 e. The Hall–Kier alpha value is -1.13. The second-order valence-corrected chi connectivity index (χ2v) is 7.14. The van der Waals surface area contributed by atoms with E-state index in [9.17, 15) is 0 Å². The van der Waals surface area contributed by atoms with E-state index in [1.165, 1.54) is 0 Å². The SMILES string of the molecule is C=S(=C)(C)c1ccc2c(c1)OCC(CO)O2. The zero-order valence-corrected chi connectivity index (χ0v) is 10.1. The van der Waals surface area contributed by atoms with E-state index in [4.69, 9.17) is 14.6 Å². The van der Waals surface area contributed by atoms with E-state index in [2.05, 4.69) is 11.7 Å². The lowest BCUT2D eigenvalue weighted by Gasteiger charge is -2.26. The predicted octanol–water partition coefficient (Wildman–Crippen LogP) is 1.48. The quantitative estimate of drug-likeness (QED) is 0.796. The minimum atomic E-state index is -1.24. The highest BCUT2D eigenvalue weighted by Crippen LogP contribution is 2.38. The topological polar surface area (TPSA) is 38.7 Å². The molecule has 3 nitrogen and oxygen atoms in total. The lowest BCUT2D eigenvalue weighted by atomic mass is 10.2. The fourth-order valence-corrected chi connectivity index (χ4v) is 2.28. The van der Waals surface area contributed by atoms with Crippen molar-refractivity contribution in [2.45, 2.75) is 11.0 Å². The number of ether oxygens (including phenoxy) is 2. The third-order valence-corrected chi connectivity index (χ3v) is 3.80. The molecule has 1 heterocycles. The molecule has 1 aliphatic heterocycles. The van der Waals surface area contributed by atoms with Crippen molar-refractivity contribution in [2.24, 2.45) is 0 Å². The summed E-state index contributed by atoms with van der Waals surface area (Å²) in [5, 5.41) is 8.98. The second kappa shape index (κ2) is 4.03. The summed E-state index contributed by atoms with van der Waals surface area (Å²) in [4.78, 5) is 1.08. The van der Waals surface area contributed by atoms with Gasteiger partial charge < -0.3 is 14.6 Å². The first-order chi connectivity index (χ1) is 7.50. The van der Waals surface area contributed by atoms with Gasteiger partial charge in [0.1, 0.15) is 6.61 Å². The second-order valence-electron chi connectivity index (χ2n) is 4.12. The Morgan fingerprint density at radius 1 is 1.44 bits per heavy atom. The van der Waals surface area contributed by atoms with Crippen LogP contribution < -0.4 is 9.47 Å². The van der Waals surface area contributed by atoms with Gasteiger partial charge >= 0.3 is 0 Å². The summed E-state index contributed by atoms with van der Waals surface area (Å²) in [5.74, 6) is 9.51. The Morgan fingerprint density at radius 3 is 2.81 bits per heavy atom. The highest BCUT2D eigenvalue weighted by molar-refractivity contribution is 8.27. The van der Waals surface area contributed by atoms with Crippen molar-refractivity contribution in [3.63, 3.8) is 0 Å². The van der Waals surface area contributed by atoms with Crippen molar-refractivity contribution in [1.82, 2.24) is 0 Å². The molecule has 1 unspecified atom stereocenters. The summed E-state index contributed by atoms with van der Waals surface area (Å²) in [6.45, 7) is 0.349. The van der Waals surface area contributed by atoms with E-state index in [1.54, 1.807) is 0 Å². The minimum Gasteiger partial charge on any atom is -0.486 e. The van der Waals surface area contributed by atoms with Crippen LogP contribution in [0.1, 0.15) is 0 Å². The number of aliphatic hydroxyl groups excluding tert-OH is 1. The monoisotopic (exact) mass is 240 g/mol. The van der Waals surface area contributed by atoms with E-state index < -0.39 is 9.21 Å². The number of benzene rings is 1. The summed E-state index contributed by atoms with van der Waals surface area (Å²) in [6.07, 6.45) is 1.76. The van der Waals surface area contributed by atoms with Crippen LogP contribution >= 0.6 is 9.21 Å². The molecule has 0 saturated heterocycles. The maximum absolute atomic E-state index is 8.98. The fraction of sp³-hybridized carbons (Fsp3) is 0.333. The molecule has 2 rings (SSSR count). The molecule has 16 heavy (non-hydrogen) atoms. The first-order valence-electron chi connectivity index (χ1n) is 4.99. The van der Waals surface area contributed by atoms with Gasteiger partial charge in [-0.15, -0.1) is 0 Å². The van der Waals surface area contributed by atoms with Crippen molar-refractivity contribution in [3.05, 3.63) is 18.2 Å². The number of fused-ring (bicyclic) bond motifs is 1. The Bertz CT molecular complexity index is 491. The van der Waals surface area contributed by atoms with Gasteiger partial charge in [0, 0.05) is 0 Å². The number of aliphatic hydroxyl groups is 1. The molecule has 0 aromatic heterocycles. The molecule has 1 atom stereocenters. The maximum atomic E-state index is 8.98. The summed E-state index contributed by atoms with van der Waals surface area (Å²) in [5.41, 5.74) is 0. The molecule has 0 spiro atoms. The third kappa shape index (κ3) is 2.18. The van der Waals surface area contributed by atoms with E-state index >= 15 is 0 Å². The highest BCUT2D eigenvalue weighted by Gasteiger charge is 2.20. The molecular formula is C12H16O3S. The Kier molecular flexibility index (Phi) is 2.86. The predicted molar refractivity (Wildman–Crippen MR) is 69.5 cm³/mol. The molecule has 0 fully saturated rings. The van der Waals surface area contributed by atoms with E-state index in [-0.39, 0.29) is 12.7 Å². The molecule has 88 valence electrons. The summed E-state index contributed by atoms with van der Waals surface area (Å²) < 4.78 is 11.1. The lowest BCUT2D eigenvalue weighted by molar-refractivity contribution is 0.0454. The van der Waals surface area contributed by atoms with Gasteiger partial charge in [-0.2, -0.15) is 9.21 Å². The van der Waals surface area contributed by atoms with Gasteiger partial charge in [0.05, 0.1) is 6.61 Å². The maximum Gasteiger partial charge on any atom is 0.162 e. The van der Waals surface area contributed by atoms with E-state index in [0.29, 0.717) is 18.1 Å². The van der Waals surface area contributed by atoms with Gasteiger partial charge in [0.25, 0.3) is 0 Å². The molecule has 0 bridgehead atoms. The van der Waals surface area contributed by atoms with Gasteiger partial charge in [-0.05, 0) is 29.4 Å². The van der Waals surface area contributed by atoms with Crippen molar-refractivity contribution < 1.29 is 14.6 Å². The normalized spacial score (nSPS) is 19.5. The zero-order valence-electron chi connectivity index (χ0n) is 9.31. The molecule has 4 heteroatoms. The molecule has 1 aromatic rings.